The molecule has 0 rings (SSSR count). The second-order valence-electron chi connectivity index (χ2n) is 4.71. The first-order valence-electron chi connectivity index (χ1n) is 5.49. The summed E-state index contributed by atoms with van der Waals surface area (Å²) in [6, 6.07) is 0. The molecule has 0 aliphatic heterocycles. The number of carbonyl (C=O) groups excluding carboxylic acids is 1. The van der Waals surface area contributed by atoms with Crippen LogP contribution in [0.25, 0.3) is 0 Å². The Kier molecular flexibility index (Phi) is 6.52. The maximum atomic E-state index is 10.9. The van der Waals surface area contributed by atoms with E-state index >= 15 is 0 Å². The van der Waals surface area contributed by atoms with Crippen molar-refractivity contribution in [3.8, 4) is 0 Å². The summed E-state index contributed by atoms with van der Waals surface area (Å²) in [5.74, 6) is 0.324. The predicted octanol–water partition coefficient (Wildman–Crippen LogP) is 0.903. The van der Waals surface area contributed by atoms with Crippen LogP contribution in [-0.4, -0.2) is 31.2 Å². The Balaban J connectivity index is 3.43. The monoisotopic (exact) mass is 216 g/mol. The molecular weight excluding hydrogens is 192 g/mol. The molecule has 90 valence electrons. The van der Waals surface area contributed by atoms with Gasteiger partial charge in [0.25, 0.3) is 0 Å². The van der Waals surface area contributed by atoms with E-state index in [0.29, 0.717) is 19.1 Å². The molecule has 0 heterocycles. The molecule has 0 unspecified atom stereocenters. The lowest BCUT2D eigenvalue weighted by atomic mass is 10.1. The Morgan fingerprint density at radius 1 is 1.40 bits per heavy atom. The largest absolute Gasteiger partial charge is 0.380 e. The van der Waals surface area contributed by atoms with Gasteiger partial charge in [0.1, 0.15) is 0 Å². The molecular formula is C11H24N2O2. The van der Waals surface area contributed by atoms with Crippen molar-refractivity contribution in [2.45, 2.75) is 39.7 Å². The zero-order chi connectivity index (χ0) is 11.9. The lowest BCUT2D eigenvalue weighted by Crippen LogP contribution is -2.51. The quantitative estimate of drug-likeness (QED) is 0.593. The first kappa shape index (κ1) is 14.4. The van der Waals surface area contributed by atoms with E-state index in [1.165, 1.54) is 0 Å². The summed E-state index contributed by atoms with van der Waals surface area (Å²) in [7, 11) is 0. The minimum absolute atomic E-state index is 0.343. The third-order valence-electron chi connectivity index (χ3n) is 2.27. The van der Waals surface area contributed by atoms with E-state index in [-0.39, 0.29) is 5.91 Å². The number of rotatable bonds is 8. The zero-order valence-electron chi connectivity index (χ0n) is 10.3. The van der Waals surface area contributed by atoms with Gasteiger partial charge >= 0.3 is 0 Å². The highest BCUT2D eigenvalue weighted by Crippen LogP contribution is 2.00. The normalized spacial score (nSPS) is 12.1. The van der Waals surface area contributed by atoms with Gasteiger partial charge in [0.05, 0.1) is 12.1 Å². The van der Waals surface area contributed by atoms with E-state index in [4.69, 9.17) is 10.5 Å². The van der Waals surface area contributed by atoms with Crippen LogP contribution in [0.3, 0.4) is 0 Å². The molecule has 0 fully saturated rings. The highest BCUT2D eigenvalue weighted by atomic mass is 16.5. The first-order valence-corrected chi connectivity index (χ1v) is 5.49. The molecule has 4 nitrogen and oxygen atoms in total. The molecule has 0 bridgehead atoms. The second kappa shape index (κ2) is 6.80. The highest BCUT2D eigenvalue weighted by molar-refractivity contribution is 5.83. The molecule has 0 aliphatic rings. The van der Waals surface area contributed by atoms with Gasteiger partial charge in [0.15, 0.2) is 0 Å². The van der Waals surface area contributed by atoms with Crippen LogP contribution in [-0.2, 0) is 9.53 Å². The number of nitrogens with two attached hydrogens (primary N) is 1. The van der Waals surface area contributed by atoms with Crippen molar-refractivity contribution in [2.24, 2.45) is 11.7 Å². The molecule has 0 atom stereocenters. The Labute approximate surface area is 92.6 Å². The molecule has 0 saturated heterocycles. The van der Waals surface area contributed by atoms with Crippen molar-refractivity contribution in [3.05, 3.63) is 0 Å². The van der Waals surface area contributed by atoms with Crippen molar-refractivity contribution < 1.29 is 9.53 Å². The second-order valence-corrected chi connectivity index (χ2v) is 4.71. The fourth-order valence-electron chi connectivity index (χ4n) is 0.944. The summed E-state index contributed by atoms with van der Waals surface area (Å²) in [4.78, 5) is 10.9. The number of amides is 1. The summed E-state index contributed by atoms with van der Waals surface area (Å²) in [5, 5.41) is 3.05. The van der Waals surface area contributed by atoms with Crippen LogP contribution in [0.1, 0.15) is 34.1 Å². The highest BCUT2D eigenvalue weighted by Gasteiger charge is 2.23. The van der Waals surface area contributed by atoms with Crippen molar-refractivity contribution in [2.75, 3.05) is 19.8 Å². The van der Waals surface area contributed by atoms with Gasteiger partial charge in [-0.2, -0.15) is 0 Å². The molecule has 15 heavy (non-hydrogen) atoms. The molecule has 1 amide bonds. The fourth-order valence-corrected chi connectivity index (χ4v) is 0.944. The van der Waals surface area contributed by atoms with Crippen molar-refractivity contribution in [1.82, 2.24) is 5.32 Å². The molecule has 0 aromatic carbocycles. The summed E-state index contributed by atoms with van der Waals surface area (Å²) < 4.78 is 5.40. The zero-order valence-corrected chi connectivity index (χ0v) is 10.3. The molecule has 0 aliphatic carbocycles. The Bertz CT molecular complexity index is 191. The maximum Gasteiger partial charge on any atom is 0.237 e. The average Bonchev–Trinajstić information content (AvgIpc) is 2.10. The maximum absolute atomic E-state index is 10.9. The molecule has 4 heteroatoms. The first-order chi connectivity index (χ1) is 6.86. The molecule has 0 spiro atoms. The summed E-state index contributed by atoms with van der Waals surface area (Å²) in [6.07, 6.45) is 1.07. The van der Waals surface area contributed by atoms with Crippen molar-refractivity contribution >= 4 is 5.91 Å². The summed E-state index contributed by atoms with van der Waals surface area (Å²) >= 11 is 0. The van der Waals surface area contributed by atoms with Crippen molar-refractivity contribution in [3.63, 3.8) is 0 Å². The fraction of sp³-hybridized carbons (Fsp3) is 0.909. The van der Waals surface area contributed by atoms with Gasteiger partial charge in [-0.1, -0.05) is 13.8 Å². The number of ether oxygens (including phenoxy) is 1. The number of hydrogen-bond donors (Lipinski definition) is 2. The van der Waals surface area contributed by atoms with E-state index in [1.54, 1.807) is 13.8 Å². The van der Waals surface area contributed by atoms with E-state index in [2.05, 4.69) is 19.2 Å². The van der Waals surface area contributed by atoms with E-state index in [9.17, 15) is 4.79 Å². The van der Waals surface area contributed by atoms with Gasteiger partial charge in [-0.3, -0.25) is 4.79 Å². The SMILES string of the molecule is CC(C)CCOCCNC(C)(C)C(N)=O. The van der Waals surface area contributed by atoms with Crippen LogP contribution in [0.15, 0.2) is 0 Å². The average molecular weight is 216 g/mol. The molecule has 0 aromatic heterocycles. The van der Waals surface area contributed by atoms with Crippen LogP contribution >= 0.6 is 0 Å². The number of carbonyl (C=O) groups is 1. The number of primary amides is 1. The smallest absolute Gasteiger partial charge is 0.237 e. The van der Waals surface area contributed by atoms with Gasteiger partial charge < -0.3 is 15.8 Å². The van der Waals surface area contributed by atoms with Crippen LogP contribution in [0.5, 0.6) is 0 Å². The van der Waals surface area contributed by atoms with E-state index < -0.39 is 5.54 Å². The minimum Gasteiger partial charge on any atom is -0.380 e. The van der Waals surface area contributed by atoms with Crippen LogP contribution in [0, 0.1) is 5.92 Å². The van der Waals surface area contributed by atoms with E-state index in [0.717, 1.165) is 13.0 Å². The number of hydrogen-bond acceptors (Lipinski definition) is 3. The van der Waals surface area contributed by atoms with Gasteiger partial charge in [-0.05, 0) is 26.2 Å². The lowest BCUT2D eigenvalue weighted by molar-refractivity contribution is -0.123. The third kappa shape index (κ3) is 7.33. The summed E-state index contributed by atoms with van der Waals surface area (Å²) in [6.45, 7) is 9.90. The van der Waals surface area contributed by atoms with Crippen LogP contribution in [0.2, 0.25) is 0 Å². The van der Waals surface area contributed by atoms with Crippen molar-refractivity contribution in [1.29, 1.82) is 0 Å². The van der Waals surface area contributed by atoms with Crippen LogP contribution < -0.4 is 11.1 Å². The molecule has 0 radical (unpaired) electrons. The molecule has 3 N–H and O–H groups in total. The molecule has 0 aromatic rings. The minimum atomic E-state index is -0.651. The lowest BCUT2D eigenvalue weighted by Gasteiger charge is -2.22. The van der Waals surface area contributed by atoms with E-state index in [1.807, 2.05) is 0 Å². The van der Waals surface area contributed by atoms with Gasteiger partial charge in [0, 0.05) is 13.2 Å². The Morgan fingerprint density at radius 2 is 2.00 bits per heavy atom. The van der Waals surface area contributed by atoms with Crippen LogP contribution in [0.4, 0.5) is 0 Å². The van der Waals surface area contributed by atoms with Gasteiger partial charge in [0.2, 0.25) is 5.91 Å². The predicted molar refractivity (Wildman–Crippen MR) is 61.6 cm³/mol. The topological polar surface area (TPSA) is 64.3 Å². The van der Waals surface area contributed by atoms with Gasteiger partial charge in [-0.25, -0.2) is 0 Å². The standard InChI is InChI=1S/C11H24N2O2/c1-9(2)5-7-15-8-6-13-11(3,4)10(12)14/h9,13H,5-8H2,1-4H3,(H2,12,14). The summed E-state index contributed by atoms with van der Waals surface area (Å²) in [5.41, 5.74) is 4.56. The Hall–Kier alpha value is -0.610. The van der Waals surface area contributed by atoms with Gasteiger partial charge in [-0.15, -0.1) is 0 Å². The molecule has 0 saturated carbocycles. The third-order valence-corrected chi connectivity index (χ3v) is 2.27. The number of nitrogens with one attached hydrogen (secondary N) is 1. The Morgan fingerprint density at radius 3 is 2.47 bits per heavy atom.